The molecule has 1 aromatic heterocycles. The quantitative estimate of drug-likeness (QED) is 0.401. The van der Waals surface area contributed by atoms with E-state index in [0.717, 1.165) is 17.4 Å². The van der Waals surface area contributed by atoms with Crippen LogP contribution in [0, 0.1) is 0 Å². The normalized spacial score (nSPS) is 17.4. The maximum atomic E-state index is 13.6. The second-order valence-corrected chi connectivity index (χ2v) is 10.5. The number of benzene rings is 2. The van der Waals surface area contributed by atoms with Gasteiger partial charge in [0.15, 0.2) is 5.69 Å². The standard InChI is InChI=1S/C27H24F3N5O5S.ClH/c28-27(29,30)22-21(32-25(40-22)16-5-2-1-3-6-16)24(38)31-17-7-9-18(10-8-17)34-11-4-12-35(14-13-34)20(36)15-19-23(37)33-26(39)41-19;/h1-3,5-10,19H,4,11-15H2,(H,31,38)(H,33,37,39);1H. The largest absolute Gasteiger partial charge is 0.452 e. The van der Waals surface area contributed by atoms with E-state index in [4.69, 9.17) is 4.42 Å². The van der Waals surface area contributed by atoms with E-state index in [9.17, 15) is 32.3 Å². The number of nitrogens with one attached hydrogen (secondary N) is 2. The third-order valence-corrected chi connectivity index (χ3v) is 7.57. The molecular formula is C27H25ClF3N5O5S. The Bertz CT molecular complexity index is 1470. The summed E-state index contributed by atoms with van der Waals surface area (Å²) >= 11 is 0.822. The minimum Gasteiger partial charge on any atom is -0.431 e. The Morgan fingerprint density at radius 3 is 2.38 bits per heavy atom. The summed E-state index contributed by atoms with van der Waals surface area (Å²) < 4.78 is 45.8. The summed E-state index contributed by atoms with van der Waals surface area (Å²) in [5, 5.41) is 3.46. The number of nitrogens with zero attached hydrogens (tertiary/aromatic N) is 3. The van der Waals surface area contributed by atoms with Crippen LogP contribution in [-0.2, 0) is 15.8 Å². The molecule has 10 nitrogen and oxygen atoms in total. The van der Waals surface area contributed by atoms with Gasteiger partial charge in [-0.2, -0.15) is 13.2 Å². The Morgan fingerprint density at radius 2 is 1.74 bits per heavy atom. The molecule has 3 aromatic rings. The number of alkyl halides is 3. The van der Waals surface area contributed by atoms with Crippen molar-refractivity contribution in [1.82, 2.24) is 15.2 Å². The maximum absolute atomic E-state index is 13.6. The van der Waals surface area contributed by atoms with Crippen LogP contribution in [0.25, 0.3) is 11.5 Å². The number of halogens is 4. The van der Waals surface area contributed by atoms with Gasteiger partial charge in [0.1, 0.15) is 5.25 Å². The molecular weight excluding hydrogens is 599 g/mol. The number of aromatic nitrogens is 1. The maximum Gasteiger partial charge on any atom is 0.452 e. The first-order valence-electron chi connectivity index (χ1n) is 12.7. The Balaban J connectivity index is 0.00000405. The van der Waals surface area contributed by atoms with Gasteiger partial charge < -0.3 is 19.5 Å². The molecule has 0 aliphatic carbocycles. The van der Waals surface area contributed by atoms with Gasteiger partial charge in [0.05, 0.1) is 0 Å². The van der Waals surface area contributed by atoms with Crippen molar-refractivity contribution in [2.45, 2.75) is 24.3 Å². The highest BCUT2D eigenvalue weighted by Crippen LogP contribution is 2.35. The molecule has 222 valence electrons. The average molecular weight is 624 g/mol. The summed E-state index contributed by atoms with van der Waals surface area (Å²) in [6.07, 6.45) is -4.30. The van der Waals surface area contributed by atoms with Gasteiger partial charge in [0.25, 0.3) is 11.1 Å². The molecule has 15 heteroatoms. The highest BCUT2D eigenvalue weighted by atomic mass is 35.5. The van der Waals surface area contributed by atoms with Crippen LogP contribution in [0.3, 0.4) is 0 Å². The Kier molecular flexibility index (Phi) is 9.46. The van der Waals surface area contributed by atoms with Crippen LogP contribution in [0.15, 0.2) is 59.0 Å². The molecule has 0 saturated carbocycles. The van der Waals surface area contributed by atoms with Crippen LogP contribution < -0.4 is 15.5 Å². The lowest BCUT2D eigenvalue weighted by atomic mass is 10.2. The predicted molar refractivity (Wildman–Crippen MR) is 152 cm³/mol. The first-order valence-corrected chi connectivity index (χ1v) is 13.6. The molecule has 2 aliphatic rings. The van der Waals surface area contributed by atoms with Crippen molar-refractivity contribution >= 4 is 58.5 Å². The fourth-order valence-corrected chi connectivity index (χ4v) is 5.37. The summed E-state index contributed by atoms with van der Waals surface area (Å²) in [6.45, 7) is 2.07. The molecule has 2 aliphatic heterocycles. The fraction of sp³-hybridized carbons (Fsp3) is 0.296. The summed E-state index contributed by atoms with van der Waals surface area (Å²) in [5.41, 5.74) is 0.509. The zero-order valence-corrected chi connectivity index (χ0v) is 23.5. The number of amides is 4. The first kappa shape index (κ1) is 30.9. The molecule has 2 fully saturated rings. The number of carbonyl (C=O) groups excluding carboxylic acids is 4. The van der Waals surface area contributed by atoms with E-state index >= 15 is 0 Å². The third-order valence-electron chi connectivity index (χ3n) is 6.59. The number of thioether (sulfide) groups is 1. The van der Waals surface area contributed by atoms with Crippen LogP contribution in [0.2, 0.25) is 0 Å². The van der Waals surface area contributed by atoms with Crippen LogP contribution >= 0.6 is 24.2 Å². The van der Waals surface area contributed by atoms with Crippen molar-refractivity contribution in [1.29, 1.82) is 0 Å². The van der Waals surface area contributed by atoms with Crippen molar-refractivity contribution in [2.75, 3.05) is 36.4 Å². The van der Waals surface area contributed by atoms with Crippen molar-refractivity contribution in [2.24, 2.45) is 0 Å². The van der Waals surface area contributed by atoms with E-state index in [-0.39, 0.29) is 36.3 Å². The number of oxazole rings is 1. The average Bonchev–Trinajstić information content (AvgIpc) is 3.44. The van der Waals surface area contributed by atoms with Gasteiger partial charge in [-0.15, -0.1) is 12.4 Å². The monoisotopic (exact) mass is 623 g/mol. The van der Waals surface area contributed by atoms with E-state index < -0.39 is 39.9 Å². The highest BCUT2D eigenvalue weighted by Gasteiger charge is 2.42. The lowest BCUT2D eigenvalue weighted by molar-refractivity contribution is -0.153. The first-order chi connectivity index (χ1) is 19.6. The Hall–Kier alpha value is -4.04. The number of carbonyl (C=O) groups is 4. The molecule has 3 heterocycles. The molecule has 2 N–H and O–H groups in total. The highest BCUT2D eigenvalue weighted by molar-refractivity contribution is 8.15. The number of anilines is 2. The second kappa shape index (κ2) is 12.9. The van der Waals surface area contributed by atoms with Gasteiger partial charge in [-0.05, 0) is 42.8 Å². The molecule has 2 saturated heterocycles. The summed E-state index contributed by atoms with van der Waals surface area (Å²) in [7, 11) is 0. The number of hydrogen-bond donors (Lipinski definition) is 2. The van der Waals surface area contributed by atoms with Crippen molar-refractivity contribution < 1.29 is 36.8 Å². The van der Waals surface area contributed by atoms with Crippen molar-refractivity contribution in [3.8, 4) is 11.5 Å². The third kappa shape index (κ3) is 7.05. The molecule has 0 spiro atoms. The zero-order valence-electron chi connectivity index (χ0n) is 21.8. The minimum atomic E-state index is -4.92. The van der Waals surface area contributed by atoms with Gasteiger partial charge >= 0.3 is 6.18 Å². The molecule has 4 amide bonds. The van der Waals surface area contributed by atoms with Gasteiger partial charge in [0, 0.05) is 49.5 Å². The lowest BCUT2D eigenvalue weighted by Crippen LogP contribution is -2.37. The van der Waals surface area contributed by atoms with E-state index in [1.807, 2.05) is 4.90 Å². The van der Waals surface area contributed by atoms with E-state index in [0.29, 0.717) is 38.2 Å². The molecule has 0 radical (unpaired) electrons. The summed E-state index contributed by atoms with van der Waals surface area (Å²) in [5.74, 6) is -3.50. The molecule has 0 bridgehead atoms. The molecule has 5 rings (SSSR count). The summed E-state index contributed by atoms with van der Waals surface area (Å²) in [6, 6.07) is 14.6. The SMILES string of the molecule is Cl.O=C1NC(=O)C(CC(=O)N2CCCN(c3ccc(NC(=O)c4nc(-c5ccccc5)oc4C(F)(F)F)cc3)CC2)S1. The number of imide groups is 1. The van der Waals surface area contributed by atoms with Crippen molar-refractivity contribution in [3.05, 3.63) is 66.1 Å². The van der Waals surface area contributed by atoms with E-state index in [1.165, 1.54) is 12.1 Å². The van der Waals surface area contributed by atoms with E-state index in [2.05, 4.69) is 15.6 Å². The second-order valence-electron chi connectivity index (χ2n) is 9.37. The van der Waals surface area contributed by atoms with Crippen LogP contribution in [0.5, 0.6) is 0 Å². The smallest absolute Gasteiger partial charge is 0.431 e. The predicted octanol–water partition coefficient (Wildman–Crippen LogP) is 4.81. The fourth-order valence-electron chi connectivity index (χ4n) is 4.56. The molecule has 1 unspecified atom stereocenters. The van der Waals surface area contributed by atoms with Gasteiger partial charge in [-0.3, -0.25) is 24.5 Å². The summed E-state index contributed by atoms with van der Waals surface area (Å²) in [4.78, 5) is 56.2. The molecule has 42 heavy (non-hydrogen) atoms. The lowest BCUT2D eigenvalue weighted by Gasteiger charge is -2.24. The molecule has 1 atom stereocenters. The minimum absolute atomic E-state index is 0. The van der Waals surface area contributed by atoms with Crippen LogP contribution in [0.4, 0.5) is 29.3 Å². The zero-order chi connectivity index (χ0) is 29.1. The number of hydrogen-bond acceptors (Lipinski definition) is 8. The van der Waals surface area contributed by atoms with Gasteiger partial charge in [0.2, 0.25) is 23.5 Å². The van der Waals surface area contributed by atoms with E-state index in [1.54, 1.807) is 47.4 Å². The van der Waals surface area contributed by atoms with Crippen molar-refractivity contribution in [3.63, 3.8) is 0 Å². The Labute approximate surface area is 248 Å². The topological polar surface area (TPSA) is 125 Å². The van der Waals surface area contributed by atoms with Crippen LogP contribution in [-0.4, -0.2) is 64.3 Å². The molecule has 2 aromatic carbocycles. The van der Waals surface area contributed by atoms with Gasteiger partial charge in [-0.1, -0.05) is 30.0 Å². The van der Waals surface area contributed by atoms with Crippen LogP contribution in [0.1, 0.15) is 29.1 Å². The number of rotatable bonds is 6. The van der Waals surface area contributed by atoms with Gasteiger partial charge in [-0.25, -0.2) is 4.98 Å². The Morgan fingerprint density at radius 1 is 1.02 bits per heavy atom.